The average Bonchev–Trinajstić information content (AvgIpc) is 2.62. The van der Waals surface area contributed by atoms with Crippen molar-refractivity contribution in [2.45, 2.75) is 26.4 Å². The topological polar surface area (TPSA) is 47.9 Å². The molecular formula is C20H21N3O. The lowest BCUT2D eigenvalue weighted by Gasteiger charge is -2.28. The van der Waals surface area contributed by atoms with Crippen molar-refractivity contribution in [2.75, 3.05) is 6.61 Å². The van der Waals surface area contributed by atoms with Crippen LogP contribution in [0.3, 0.4) is 0 Å². The third kappa shape index (κ3) is 3.58. The largest absolute Gasteiger partial charge is 0.353 e. The molecule has 0 aromatic carbocycles. The van der Waals surface area contributed by atoms with E-state index in [9.17, 15) is 0 Å². The molecule has 0 saturated carbocycles. The van der Waals surface area contributed by atoms with Gasteiger partial charge in [-0.3, -0.25) is 4.98 Å². The van der Waals surface area contributed by atoms with E-state index in [0.717, 1.165) is 16.7 Å². The van der Waals surface area contributed by atoms with Gasteiger partial charge in [0.15, 0.2) is 5.60 Å². The zero-order chi connectivity index (χ0) is 17.4. The first-order valence-corrected chi connectivity index (χ1v) is 7.79. The minimum Gasteiger partial charge on any atom is -0.353 e. The Balaban J connectivity index is 2.55. The number of allylic oxidation sites excluding steroid dienone is 3. The Morgan fingerprint density at radius 2 is 2.04 bits per heavy atom. The molecule has 122 valence electrons. The Morgan fingerprint density at radius 1 is 1.29 bits per heavy atom. The van der Waals surface area contributed by atoms with Crippen LogP contribution in [0.5, 0.6) is 0 Å². The molecule has 0 radical (unpaired) electrons. The minimum atomic E-state index is -0.981. The molecule has 2 aromatic rings. The molecule has 1 unspecified atom stereocenters. The molecule has 4 nitrogen and oxygen atoms in total. The Labute approximate surface area is 143 Å². The van der Waals surface area contributed by atoms with Crippen molar-refractivity contribution >= 4 is 5.57 Å². The molecule has 0 bridgehead atoms. The van der Waals surface area contributed by atoms with Gasteiger partial charge in [-0.05, 0) is 38.0 Å². The molecule has 0 aliphatic rings. The monoisotopic (exact) mass is 319 g/mol. The molecule has 0 N–H and O–H groups in total. The van der Waals surface area contributed by atoms with Crippen LogP contribution in [0.4, 0.5) is 0 Å². The first kappa shape index (κ1) is 17.6. The van der Waals surface area contributed by atoms with Crippen molar-refractivity contribution in [3.8, 4) is 11.8 Å². The summed E-state index contributed by atoms with van der Waals surface area (Å²) in [6, 6.07) is 3.89. The Kier molecular flexibility index (Phi) is 6.00. The highest BCUT2D eigenvalue weighted by molar-refractivity contribution is 5.71. The van der Waals surface area contributed by atoms with Gasteiger partial charge in [-0.2, -0.15) is 0 Å². The number of rotatable bonds is 6. The van der Waals surface area contributed by atoms with Gasteiger partial charge >= 0.3 is 0 Å². The van der Waals surface area contributed by atoms with Crippen LogP contribution in [0.2, 0.25) is 0 Å². The van der Waals surface area contributed by atoms with E-state index in [2.05, 4.69) is 33.4 Å². The number of hydrogen-bond acceptors (Lipinski definition) is 4. The molecule has 0 spiro atoms. The van der Waals surface area contributed by atoms with Gasteiger partial charge in [0.05, 0.1) is 5.69 Å². The molecule has 0 amide bonds. The molecule has 2 rings (SSSR count). The van der Waals surface area contributed by atoms with Crippen LogP contribution in [0.1, 0.15) is 37.6 Å². The summed E-state index contributed by atoms with van der Waals surface area (Å²) in [5, 5.41) is 0. The lowest BCUT2D eigenvalue weighted by Crippen LogP contribution is -2.31. The maximum Gasteiger partial charge on any atom is 0.199 e. The summed E-state index contributed by atoms with van der Waals surface area (Å²) in [7, 11) is 0. The van der Waals surface area contributed by atoms with Crippen molar-refractivity contribution in [1.82, 2.24) is 15.0 Å². The third-order valence-corrected chi connectivity index (χ3v) is 3.49. The fraction of sp³-hybridized carbons (Fsp3) is 0.250. The summed E-state index contributed by atoms with van der Waals surface area (Å²) in [6.45, 7) is 10.2. The van der Waals surface area contributed by atoms with Crippen LogP contribution in [-0.4, -0.2) is 21.6 Å². The van der Waals surface area contributed by atoms with Gasteiger partial charge in [-0.1, -0.05) is 30.7 Å². The van der Waals surface area contributed by atoms with Crippen LogP contribution in [0.25, 0.3) is 5.57 Å². The van der Waals surface area contributed by atoms with Gasteiger partial charge in [-0.25, -0.2) is 9.97 Å². The SMILES string of the molecule is C=C(C=CC)c1ccc(C(C#CC)(OCC)c2cncnc2)nc1. The third-order valence-electron chi connectivity index (χ3n) is 3.49. The van der Waals surface area contributed by atoms with Crippen LogP contribution in [0.15, 0.2) is 55.8 Å². The summed E-state index contributed by atoms with van der Waals surface area (Å²) >= 11 is 0. The quantitative estimate of drug-likeness (QED) is 0.601. The van der Waals surface area contributed by atoms with Crippen LogP contribution in [-0.2, 0) is 10.3 Å². The zero-order valence-corrected chi connectivity index (χ0v) is 14.3. The van der Waals surface area contributed by atoms with Crippen molar-refractivity contribution in [3.63, 3.8) is 0 Å². The summed E-state index contributed by atoms with van der Waals surface area (Å²) in [5.41, 5.74) is 2.34. The molecule has 0 aliphatic heterocycles. The van der Waals surface area contributed by atoms with Crippen LogP contribution < -0.4 is 0 Å². The molecule has 1 atom stereocenters. The summed E-state index contributed by atoms with van der Waals surface area (Å²) < 4.78 is 6.04. The highest BCUT2D eigenvalue weighted by Gasteiger charge is 2.35. The predicted octanol–water partition coefficient (Wildman–Crippen LogP) is 3.76. The maximum atomic E-state index is 6.04. The van der Waals surface area contributed by atoms with E-state index in [4.69, 9.17) is 4.74 Å². The lowest BCUT2D eigenvalue weighted by molar-refractivity contribution is 0.0318. The van der Waals surface area contributed by atoms with Crippen molar-refractivity contribution in [3.05, 3.63) is 72.6 Å². The number of pyridine rings is 1. The number of ether oxygens (including phenoxy) is 1. The second-order valence-corrected chi connectivity index (χ2v) is 5.07. The second kappa shape index (κ2) is 8.19. The van der Waals surface area contributed by atoms with Gasteiger partial charge in [0.1, 0.15) is 6.33 Å². The van der Waals surface area contributed by atoms with E-state index in [1.807, 2.05) is 38.1 Å². The average molecular weight is 319 g/mol. The Bertz CT molecular complexity index is 770. The summed E-state index contributed by atoms with van der Waals surface area (Å²) in [4.78, 5) is 12.8. The van der Waals surface area contributed by atoms with Crippen molar-refractivity contribution in [2.24, 2.45) is 0 Å². The fourth-order valence-electron chi connectivity index (χ4n) is 2.44. The molecule has 24 heavy (non-hydrogen) atoms. The predicted molar refractivity (Wildman–Crippen MR) is 96.0 cm³/mol. The van der Waals surface area contributed by atoms with Gasteiger partial charge < -0.3 is 4.74 Å². The smallest absolute Gasteiger partial charge is 0.199 e. The molecule has 2 aromatic heterocycles. The van der Waals surface area contributed by atoms with Gasteiger partial charge in [0.2, 0.25) is 0 Å². The van der Waals surface area contributed by atoms with Crippen LogP contribution >= 0.6 is 0 Å². The lowest BCUT2D eigenvalue weighted by atomic mass is 9.91. The fourth-order valence-corrected chi connectivity index (χ4v) is 2.44. The van der Waals surface area contributed by atoms with Gasteiger partial charge in [0.25, 0.3) is 0 Å². The standard InChI is InChI=1S/C20H21N3O/c1-5-8-16(4)17-9-10-19(23-12-17)20(11-6-2,24-7-3)18-13-21-15-22-14-18/h5,8-10,12-15H,4,7H2,1-3H3. The second-order valence-electron chi connectivity index (χ2n) is 5.07. The first-order valence-electron chi connectivity index (χ1n) is 7.79. The maximum absolute atomic E-state index is 6.04. The van der Waals surface area contributed by atoms with Crippen molar-refractivity contribution < 1.29 is 4.74 Å². The van der Waals surface area contributed by atoms with E-state index < -0.39 is 5.60 Å². The molecule has 2 heterocycles. The molecule has 0 saturated heterocycles. The minimum absolute atomic E-state index is 0.484. The molecule has 4 heteroatoms. The normalized spacial score (nSPS) is 13.1. The van der Waals surface area contributed by atoms with Gasteiger partial charge in [0, 0.05) is 30.8 Å². The molecular weight excluding hydrogens is 298 g/mol. The summed E-state index contributed by atoms with van der Waals surface area (Å²) in [5.74, 6) is 6.10. The number of hydrogen-bond donors (Lipinski definition) is 0. The number of aromatic nitrogens is 3. The van der Waals surface area contributed by atoms with E-state index >= 15 is 0 Å². The first-order chi connectivity index (χ1) is 11.7. The molecule has 0 fully saturated rings. The Hall–Kier alpha value is -2.77. The van der Waals surface area contributed by atoms with E-state index in [1.165, 1.54) is 6.33 Å². The van der Waals surface area contributed by atoms with Crippen molar-refractivity contribution in [1.29, 1.82) is 0 Å². The van der Waals surface area contributed by atoms with E-state index in [-0.39, 0.29) is 0 Å². The van der Waals surface area contributed by atoms with E-state index in [0.29, 0.717) is 12.3 Å². The Morgan fingerprint density at radius 3 is 2.58 bits per heavy atom. The summed E-state index contributed by atoms with van der Waals surface area (Å²) in [6.07, 6.45) is 10.6. The highest BCUT2D eigenvalue weighted by atomic mass is 16.5. The van der Waals surface area contributed by atoms with Gasteiger partial charge in [-0.15, -0.1) is 5.92 Å². The molecule has 0 aliphatic carbocycles. The highest BCUT2D eigenvalue weighted by Crippen LogP contribution is 2.32. The van der Waals surface area contributed by atoms with E-state index in [1.54, 1.807) is 25.5 Å². The zero-order valence-electron chi connectivity index (χ0n) is 14.3. The number of nitrogens with zero attached hydrogens (tertiary/aromatic N) is 3. The van der Waals surface area contributed by atoms with Crippen LogP contribution in [0, 0.1) is 11.8 Å².